The quantitative estimate of drug-likeness (QED) is 0.845. The van der Waals surface area contributed by atoms with E-state index in [9.17, 15) is 9.59 Å². The molecule has 0 aromatic carbocycles. The molecule has 0 aliphatic heterocycles. The highest BCUT2D eigenvalue weighted by atomic mass is 32.1. The highest BCUT2D eigenvalue weighted by Gasteiger charge is 2.18. The van der Waals surface area contributed by atoms with E-state index in [1.807, 2.05) is 13.8 Å². The molecule has 112 valence electrons. The summed E-state index contributed by atoms with van der Waals surface area (Å²) in [4.78, 5) is 29.0. The number of aromatic carboxylic acids is 1. The van der Waals surface area contributed by atoms with Gasteiger partial charge in [-0.2, -0.15) is 0 Å². The monoisotopic (exact) mass is 299 g/mol. The van der Waals surface area contributed by atoms with E-state index in [0.29, 0.717) is 10.7 Å². The number of nitrogens with one attached hydrogen (secondary N) is 1. The summed E-state index contributed by atoms with van der Waals surface area (Å²) in [7, 11) is 1.77. The maximum absolute atomic E-state index is 12.0. The minimum Gasteiger partial charge on any atom is -0.477 e. The van der Waals surface area contributed by atoms with Gasteiger partial charge in [-0.05, 0) is 19.8 Å². The number of carboxylic acid groups (broad SMARTS) is 1. The molecule has 6 nitrogen and oxygen atoms in total. The number of carbonyl (C=O) groups is 2. The van der Waals surface area contributed by atoms with Crippen LogP contribution in [0.5, 0.6) is 0 Å². The first kappa shape index (κ1) is 16.4. The first-order chi connectivity index (χ1) is 9.40. The molecular weight excluding hydrogens is 278 g/mol. The molecule has 1 aromatic rings. The van der Waals surface area contributed by atoms with Gasteiger partial charge < -0.3 is 15.3 Å². The molecule has 0 atom stereocenters. The fraction of sp³-hybridized carbons (Fsp3) is 0.615. The number of carbonyl (C=O) groups excluding carboxylic acids is 1. The molecule has 2 N–H and O–H groups in total. The van der Waals surface area contributed by atoms with E-state index in [2.05, 4.69) is 10.3 Å². The minimum absolute atomic E-state index is 0.163. The van der Waals surface area contributed by atoms with Gasteiger partial charge >= 0.3 is 12.0 Å². The molecule has 0 radical (unpaired) electrons. The van der Waals surface area contributed by atoms with Gasteiger partial charge in [-0.1, -0.05) is 13.8 Å². The summed E-state index contributed by atoms with van der Waals surface area (Å²) < 4.78 is 0. The predicted molar refractivity (Wildman–Crippen MR) is 78.2 cm³/mol. The van der Waals surface area contributed by atoms with Gasteiger partial charge in [0.1, 0.15) is 9.88 Å². The molecule has 0 spiro atoms. The lowest BCUT2D eigenvalue weighted by Gasteiger charge is -2.26. The number of urea groups is 1. The number of carboxylic acids is 1. The third-order valence-corrected chi connectivity index (χ3v) is 4.38. The standard InChI is InChI=1S/C13H21N3O3S/c1-5-9(6-2)16(4)13(19)14-7-10-15-8(3)11(20-10)12(17)18/h9H,5-7H2,1-4H3,(H,14,19)(H,17,18). The van der Waals surface area contributed by atoms with E-state index in [-0.39, 0.29) is 23.5 Å². The molecule has 0 saturated heterocycles. The van der Waals surface area contributed by atoms with Crippen LogP contribution in [0, 0.1) is 6.92 Å². The third kappa shape index (κ3) is 3.93. The van der Waals surface area contributed by atoms with Crippen LogP contribution in [-0.2, 0) is 6.54 Å². The number of amides is 2. The van der Waals surface area contributed by atoms with Crippen molar-refractivity contribution < 1.29 is 14.7 Å². The maximum atomic E-state index is 12.0. The zero-order valence-corrected chi connectivity index (χ0v) is 13.1. The summed E-state index contributed by atoms with van der Waals surface area (Å²) in [6.07, 6.45) is 1.81. The highest BCUT2D eigenvalue weighted by Crippen LogP contribution is 2.17. The number of hydrogen-bond acceptors (Lipinski definition) is 4. The van der Waals surface area contributed by atoms with Gasteiger partial charge in [0.25, 0.3) is 0 Å². The molecule has 0 aliphatic rings. The van der Waals surface area contributed by atoms with Crippen molar-refractivity contribution in [3.63, 3.8) is 0 Å². The van der Waals surface area contributed by atoms with Crippen LogP contribution in [0.3, 0.4) is 0 Å². The van der Waals surface area contributed by atoms with Gasteiger partial charge in [-0.15, -0.1) is 11.3 Å². The highest BCUT2D eigenvalue weighted by molar-refractivity contribution is 7.13. The van der Waals surface area contributed by atoms with E-state index in [1.54, 1.807) is 18.9 Å². The topological polar surface area (TPSA) is 82.5 Å². The van der Waals surface area contributed by atoms with Crippen molar-refractivity contribution in [1.82, 2.24) is 15.2 Å². The molecule has 0 bridgehead atoms. The van der Waals surface area contributed by atoms with Crippen LogP contribution in [0.2, 0.25) is 0 Å². The third-order valence-electron chi connectivity index (χ3n) is 3.24. The van der Waals surface area contributed by atoms with Crippen LogP contribution >= 0.6 is 11.3 Å². The fourth-order valence-electron chi connectivity index (χ4n) is 2.00. The summed E-state index contributed by atoms with van der Waals surface area (Å²) in [6.45, 7) is 5.99. The molecule has 0 unspecified atom stereocenters. The van der Waals surface area contributed by atoms with Gasteiger partial charge in [0.15, 0.2) is 0 Å². The van der Waals surface area contributed by atoms with E-state index in [1.165, 1.54) is 0 Å². The Morgan fingerprint density at radius 3 is 2.45 bits per heavy atom. The van der Waals surface area contributed by atoms with Crippen LogP contribution in [0.15, 0.2) is 0 Å². The predicted octanol–water partition coefficient (Wildman–Crippen LogP) is 2.48. The van der Waals surface area contributed by atoms with Crippen molar-refractivity contribution in [1.29, 1.82) is 0 Å². The smallest absolute Gasteiger partial charge is 0.347 e. The lowest BCUT2D eigenvalue weighted by atomic mass is 10.1. The first-order valence-corrected chi connectivity index (χ1v) is 7.42. The molecule has 1 heterocycles. The number of hydrogen-bond donors (Lipinski definition) is 2. The molecule has 1 aromatic heterocycles. The van der Waals surface area contributed by atoms with E-state index >= 15 is 0 Å². The number of aromatic nitrogens is 1. The van der Waals surface area contributed by atoms with E-state index in [0.717, 1.165) is 24.2 Å². The zero-order valence-electron chi connectivity index (χ0n) is 12.3. The van der Waals surface area contributed by atoms with E-state index in [4.69, 9.17) is 5.11 Å². The van der Waals surface area contributed by atoms with Crippen molar-refractivity contribution in [3.05, 3.63) is 15.6 Å². The largest absolute Gasteiger partial charge is 0.477 e. The molecule has 1 rings (SSSR count). The number of nitrogens with zero attached hydrogens (tertiary/aromatic N) is 2. The Balaban J connectivity index is 2.61. The molecule has 0 aliphatic carbocycles. The Kier molecular flexibility index (Phi) is 5.94. The Morgan fingerprint density at radius 2 is 2.00 bits per heavy atom. The second-order valence-electron chi connectivity index (χ2n) is 4.57. The number of rotatable bonds is 6. The molecule has 0 saturated carbocycles. The second-order valence-corrected chi connectivity index (χ2v) is 5.65. The van der Waals surface area contributed by atoms with Gasteiger partial charge in [-0.25, -0.2) is 14.6 Å². The molecule has 7 heteroatoms. The van der Waals surface area contributed by atoms with Crippen molar-refractivity contribution in [2.75, 3.05) is 7.05 Å². The van der Waals surface area contributed by atoms with Crippen LogP contribution in [-0.4, -0.2) is 40.1 Å². The van der Waals surface area contributed by atoms with Crippen LogP contribution in [0.1, 0.15) is 47.1 Å². The van der Waals surface area contributed by atoms with Gasteiger partial charge in [0.05, 0.1) is 12.2 Å². The Labute approximate surface area is 122 Å². The number of aryl methyl sites for hydroxylation is 1. The van der Waals surface area contributed by atoms with Gasteiger partial charge in [-0.3, -0.25) is 0 Å². The van der Waals surface area contributed by atoms with Crippen LogP contribution in [0.25, 0.3) is 0 Å². The van der Waals surface area contributed by atoms with Crippen molar-refractivity contribution in [2.24, 2.45) is 0 Å². The Bertz CT molecular complexity index is 483. The number of thiazole rings is 1. The molecular formula is C13H21N3O3S. The average Bonchev–Trinajstić information content (AvgIpc) is 2.78. The summed E-state index contributed by atoms with van der Waals surface area (Å²) in [6, 6.07) is 0.0473. The summed E-state index contributed by atoms with van der Waals surface area (Å²) >= 11 is 1.10. The van der Waals surface area contributed by atoms with Crippen molar-refractivity contribution >= 4 is 23.3 Å². The Hall–Kier alpha value is -1.63. The Morgan fingerprint density at radius 1 is 1.40 bits per heavy atom. The fourth-order valence-corrected chi connectivity index (χ4v) is 2.85. The molecule has 20 heavy (non-hydrogen) atoms. The maximum Gasteiger partial charge on any atom is 0.347 e. The molecule has 0 fully saturated rings. The van der Waals surface area contributed by atoms with Gasteiger partial charge in [0, 0.05) is 13.1 Å². The average molecular weight is 299 g/mol. The summed E-state index contributed by atoms with van der Waals surface area (Å²) in [5.74, 6) is -0.980. The summed E-state index contributed by atoms with van der Waals surface area (Å²) in [5, 5.41) is 12.3. The van der Waals surface area contributed by atoms with E-state index < -0.39 is 5.97 Å². The minimum atomic E-state index is -0.980. The lowest BCUT2D eigenvalue weighted by molar-refractivity contribution is 0.0701. The zero-order chi connectivity index (χ0) is 15.3. The van der Waals surface area contributed by atoms with Crippen LogP contribution in [0.4, 0.5) is 4.79 Å². The summed E-state index contributed by atoms with van der Waals surface area (Å²) in [5.41, 5.74) is 0.486. The van der Waals surface area contributed by atoms with Crippen molar-refractivity contribution in [2.45, 2.75) is 46.2 Å². The van der Waals surface area contributed by atoms with Crippen molar-refractivity contribution in [3.8, 4) is 0 Å². The molecule has 2 amide bonds. The second kappa shape index (κ2) is 7.23. The normalized spacial score (nSPS) is 10.7. The first-order valence-electron chi connectivity index (χ1n) is 6.60. The SMILES string of the molecule is CCC(CC)N(C)C(=O)NCc1nc(C)c(C(=O)O)s1. The lowest BCUT2D eigenvalue weighted by Crippen LogP contribution is -2.42. The van der Waals surface area contributed by atoms with Crippen LogP contribution < -0.4 is 5.32 Å². The van der Waals surface area contributed by atoms with Gasteiger partial charge in [0.2, 0.25) is 0 Å².